The van der Waals surface area contributed by atoms with Crippen LogP contribution in [0.3, 0.4) is 0 Å². The number of rotatable bonds is 0. The van der Waals surface area contributed by atoms with Crippen LogP contribution in [-0.4, -0.2) is 11.7 Å². The van der Waals surface area contributed by atoms with Crippen LogP contribution in [0.25, 0.3) is 0 Å². The predicted octanol–water partition coefficient (Wildman–Crippen LogP) is 0.998. The fraction of sp³-hybridized carbons (Fsp3) is 1.00. The quantitative estimate of drug-likeness (QED) is 0.601. The largest absolute Gasteiger partial charge is 0.395 e. The number of hydrogen-bond acceptors (Lipinski definition) is 1. The first-order valence-corrected chi connectivity index (χ1v) is 4.84. The molecule has 13 heavy (non-hydrogen) atoms. The van der Waals surface area contributed by atoms with E-state index in [9.17, 15) is 13.2 Å². The molecule has 6 fully saturated rings. The molecule has 0 aromatic heterocycles. The van der Waals surface area contributed by atoms with Gasteiger partial charge in [-0.05, 0) is 35.5 Å². The fourth-order valence-electron chi connectivity index (χ4n) is 6.18. The summed E-state index contributed by atoms with van der Waals surface area (Å²) in [6.45, 7) is 0. The topological polar surface area (TPSA) is 26.0 Å². The van der Waals surface area contributed by atoms with Crippen molar-refractivity contribution in [3.63, 3.8) is 0 Å². The number of alkyl halides is 3. The Balaban J connectivity index is 1.69. The van der Waals surface area contributed by atoms with Gasteiger partial charge in [-0.15, -0.1) is 0 Å². The molecule has 6 aliphatic carbocycles. The summed E-state index contributed by atoms with van der Waals surface area (Å²) < 4.78 is 38.3. The van der Waals surface area contributed by atoms with Crippen molar-refractivity contribution in [3.8, 4) is 0 Å². The zero-order valence-corrected chi connectivity index (χ0v) is 6.68. The molecule has 1 nitrogen and oxygen atoms in total. The maximum atomic E-state index is 12.8. The first-order chi connectivity index (χ1) is 5.98. The van der Waals surface area contributed by atoms with E-state index in [2.05, 4.69) is 0 Å². The lowest BCUT2D eigenvalue weighted by atomic mass is 8.94. The lowest BCUT2D eigenvalue weighted by molar-refractivity contribution is -0.659. The van der Waals surface area contributed by atoms with E-state index >= 15 is 0 Å². The van der Waals surface area contributed by atoms with Gasteiger partial charge in [0.1, 0.15) is 0 Å². The van der Waals surface area contributed by atoms with Crippen molar-refractivity contribution < 1.29 is 13.2 Å². The van der Waals surface area contributed by atoms with Crippen molar-refractivity contribution in [2.24, 2.45) is 46.7 Å². The first kappa shape index (κ1) is 6.27. The predicted molar refractivity (Wildman–Crippen MR) is 36.3 cm³/mol. The standard InChI is InChI=1S/C9H8F3N/c10-9(11,12)7-1-4-2(7)6-3(7)5(1)8(4,6)13/h1-6H,13H2. The maximum absolute atomic E-state index is 12.8. The van der Waals surface area contributed by atoms with Gasteiger partial charge in [0.25, 0.3) is 0 Å². The average Bonchev–Trinajstić information content (AvgIpc) is 2.02. The molecule has 0 radical (unpaired) electrons. The Morgan fingerprint density at radius 3 is 1.54 bits per heavy atom. The molecule has 0 spiro atoms. The summed E-state index contributed by atoms with van der Waals surface area (Å²) in [6.07, 6.45) is -3.93. The van der Waals surface area contributed by atoms with E-state index < -0.39 is 11.6 Å². The lowest BCUT2D eigenvalue weighted by Gasteiger charge is -3.10. The van der Waals surface area contributed by atoms with E-state index in [1.54, 1.807) is 0 Å². The molecule has 4 heteroatoms. The summed E-state index contributed by atoms with van der Waals surface area (Å²) in [5.41, 5.74) is 4.73. The maximum Gasteiger partial charge on any atom is 0.395 e. The highest BCUT2D eigenvalue weighted by molar-refractivity contribution is 5.59. The second-order valence-corrected chi connectivity index (χ2v) is 5.59. The van der Waals surface area contributed by atoms with Gasteiger partial charge in [-0.25, -0.2) is 0 Å². The molecule has 0 saturated heterocycles. The highest BCUT2D eigenvalue weighted by Gasteiger charge is 3.13. The molecule has 0 unspecified atom stereocenters. The second kappa shape index (κ2) is 1.06. The summed E-state index contributed by atoms with van der Waals surface area (Å²) in [5.74, 6) is 0.685. The van der Waals surface area contributed by atoms with Crippen LogP contribution in [0.1, 0.15) is 0 Å². The molecular formula is C9H8F3N. The van der Waals surface area contributed by atoms with E-state index in [4.69, 9.17) is 5.73 Å². The van der Waals surface area contributed by atoms with E-state index in [0.717, 1.165) is 0 Å². The Hall–Kier alpha value is -0.250. The molecule has 6 rings (SSSR count). The van der Waals surface area contributed by atoms with Gasteiger partial charge in [0.15, 0.2) is 0 Å². The molecule has 2 N–H and O–H groups in total. The third-order valence-electron chi connectivity index (χ3n) is 6.20. The van der Waals surface area contributed by atoms with E-state index in [1.165, 1.54) is 0 Å². The minimum absolute atomic E-state index is 0.0440. The van der Waals surface area contributed by atoms with E-state index in [-0.39, 0.29) is 41.0 Å². The van der Waals surface area contributed by atoms with Gasteiger partial charge in [0, 0.05) is 5.54 Å². The van der Waals surface area contributed by atoms with Crippen molar-refractivity contribution in [1.82, 2.24) is 0 Å². The number of halogens is 3. The van der Waals surface area contributed by atoms with Crippen molar-refractivity contribution in [1.29, 1.82) is 0 Å². The third-order valence-corrected chi connectivity index (χ3v) is 6.20. The van der Waals surface area contributed by atoms with Crippen LogP contribution < -0.4 is 5.73 Å². The van der Waals surface area contributed by atoms with Crippen molar-refractivity contribution >= 4 is 0 Å². The SMILES string of the molecule is NC12C3C4C1C1C2C3C41C(F)(F)F. The highest BCUT2D eigenvalue weighted by atomic mass is 19.4. The van der Waals surface area contributed by atoms with Gasteiger partial charge >= 0.3 is 6.18 Å². The molecular weight excluding hydrogens is 179 g/mol. The Kier molecular flexibility index (Phi) is 0.513. The lowest BCUT2D eigenvalue weighted by Crippen LogP contribution is -3.16. The molecule has 0 aromatic carbocycles. The fourth-order valence-corrected chi connectivity index (χ4v) is 6.18. The van der Waals surface area contributed by atoms with Gasteiger partial charge in [-0.3, -0.25) is 0 Å². The monoisotopic (exact) mass is 187 g/mol. The Morgan fingerprint density at radius 1 is 0.846 bits per heavy atom. The minimum atomic E-state index is -3.93. The summed E-state index contributed by atoms with van der Waals surface area (Å²) in [7, 11) is 0. The van der Waals surface area contributed by atoms with E-state index in [0.29, 0.717) is 0 Å². The average molecular weight is 187 g/mol. The molecule has 0 amide bonds. The number of hydrogen-bond donors (Lipinski definition) is 1. The van der Waals surface area contributed by atoms with Crippen molar-refractivity contribution in [2.45, 2.75) is 11.7 Å². The Bertz CT molecular complexity index is 318. The van der Waals surface area contributed by atoms with Gasteiger partial charge in [0.05, 0.1) is 5.41 Å². The van der Waals surface area contributed by atoms with Crippen LogP contribution in [-0.2, 0) is 0 Å². The van der Waals surface area contributed by atoms with Crippen molar-refractivity contribution in [2.75, 3.05) is 0 Å². The summed E-state index contributed by atoms with van der Waals surface area (Å²) in [4.78, 5) is 0. The molecule has 0 heterocycles. The minimum Gasteiger partial charge on any atom is -0.324 e. The van der Waals surface area contributed by atoms with Crippen molar-refractivity contribution in [3.05, 3.63) is 0 Å². The number of nitrogens with two attached hydrogens (primary N) is 1. The van der Waals surface area contributed by atoms with Crippen LogP contribution in [0.5, 0.6) is 0 Å². The zero-order chi connectivity index (χ0) is 8.96. The van der Waals surface area contributed by atoms with Crippen LogP contribution in [0, 0.1) is 40.9 Å². The van der Waals surface area contributed by atoms with E-state index in [1.807, 2.05) is 0 Å². The van der Waals surface area contributed by atoms with Gasteiger partial charge < -0.3 is 5.73 Å². The zero-order valence-electron chi connectivity index (χ0n) is 6.68. The molecule has 0 atom stereocenters. The highest BCUT2D eigenvalue weighted by Crippen LogP contribution is 3.08. The normalized spacial score (nSPS) is 84.0. The molecule has 6 aliphatic rings. The van der Waals surface area contributed by atoms with Gasteiger partial charge in [-0.1, -0.05) is 0 Å². The second-order valence-electron chi connectivity index (χ2n) is 5.59. The summed E-state index contributed by atoms with van der Waals surface area (Å²) in [5, 5.41) is 0. The summed E-state index contributed by atoms with van der Waals surface area (Å²) in [6, 6.07) is 0. The van der Waals surface area contributed by atoms with Crippen LogP contribution >= 0.6 is 0 Å². The van der Waals surface area contributed by atoms with Gasteiger partial charge in [-0.2, -0.15) is 13.2 Å². The third kappa shape index (κ3) is 0.236. The molecule has 70 valence electrons. The Labute approximate surface area is 72.5 Å². The van der Waals surface area contributed by atoms with Gasteiger partial charge in [0.2, 0.25) is 0 Å². The van der Waals surface area contributed by atoms with Crippen LogP contribution in [0.15, 0.2) is 0 Å². The molecule has 0 aliphatic heterocycles. The van der Waals surface area contributed by atoms with Crippen LogP contribution in [0.2, 0.25) is 0 Å². The Morgan fingerprint density at radius 2 is 1.23 bits per heavy atom. The smallest absolute Gasteiger partial charge is 0.324 e. The first-order valence-electron chi connectivity index (χ1n) is 4.84. The summed E-state index contributed by atoms with van der Waals surface area (Å²) >= 11 is 0. The van der Waals surface area contributed by atoms with Crippen LogP contribution in [0.4, 0.5) is 13.2 Å². The molecule has 0 bridgehead atoms. The molecule has 0 aromatic rings. The molecule has 6 saturated carbocycles.